The van der Waals surface area contributed by atoms with Crippen molar-refractivity contribution in [1.29, 1.82) is 0 Å². The summed E-state index contributed by atoms with van der Waals surface area (Å²) in [6.45, 7) is 2.54. The van der Waals surface area contributed by atoms with Crippen LogP contribution in [0.2, 0.25) is 0 Å². The first-order valence-electron chi connectivity index (χ1n) is 11.6. The van der Waals surface area contributed by atoms with Crippen LogP contribution >= 0.6 is 22.7 Å². The minimum Gasteiger partial charge on any atom is -0.280 e. The maximum Gasteiger partial charge on any atom is 0.265 e. The number of aryl methyl sites for hydroxylation is 1. The lowest BCUT2D eigenvalue weighted by atomic mass is 10.2. The van der Waals surface area contributed by atoms with Gasteiger partial charge in [-0.05, 0) is 65.9 Å². The molecule has 0 unspecified atom stereocenters. The Morgan fingerprint density at radius 2 is 1.76 bits per heavy atom. The minimum atomic E-state index is -3.88. The van der Waals surface area contributed by atoms with E-state index in [4.69, 9.17) is 4.98 Å². The molecule has 0 saturated carbocycles. The predicted molar refractivity (Wildman–Crippen MR) is 152 cm³/mol. The Labute approximate surface area is 222 Å². The third kappa shape index (κ3) is 4.93. The number of nitrogens with one attached hydrogen (secondary N) is 1. The number of hydrogen-bond donors (Lipinski definition) is 1. The number of fused-ring (bicyclic) bond motifs is 1. The number of thiazole rings is 1. The highest BCUT2D eigenvalue weighted by Gasteiger charge is 2.25. The van der Waals surface area contributed by atoms with Gasteiger partial charge in [0.1, 0.15) is 15.6 Å². The van der Waals surface area contributed by atoms with Crippen LogP contribution in [0.25, 0.3) is 31.4 Å². The molecule has 6 aromatic rings. The second-order valence-corrected chi connectivity index (χ2v) is 12.3. The summed E-state index contributed by atoms with van der Waals surface area (Å²) in [6.07, 6.45) is 1.60. The molecule has 37 heavy (non-hydrogen) atoms. The van der Waals surface area contributed by atoms with Gasteiger partial charge in [0.25, 0.3) is 10.0 Å². The lowest BCUT2D eigenvalue weighted by Crippen LogP contribution is -2.13. The van der Waals surface area contributed by atoms with Crippen LogP contribution in [0.5, 0.6) is 0 Å². The van der Waals surface area contributed by atoms with Crippen LogP contribution in [-0.4, -0.2) is 23.2 Å². The van der Waals surface area contributed by atoms with E-state index in [9.17, 15) is 8.42 Å². The highest BCUT2D eigenvalue weighted by atomic mass is 32.2. The van der Waals surface area contributed by atoms with Gasteiger partial charge in [0.05, 0.1) is 21.6 Å². The first-order valence-corrected chi connectivity index (χ1v) is 14.8. The van der Waals surface area contributed by atoms with Gasteiger partial charge in [-0.3, -0.25) is 9.40 Å². The van der Waals surface area contributed by atoms with Crippen molar-refractivity contribution >= 4 is 48.6 Å². The molecule has 6 nitrogen and oxygen atoms in total. The van der Waals surface area contributed by atoms with Crippen LogP contribution in [0.3, 0.4) is 0 Å². The van der Waals surface area contributed by atoms with Crippen molar-refractivity contribution in [2.75, 3.05) is 4.72 Å². The van der Waals surface area contributed by atoms with Crippen LogP contribution < -0.4 is 4.72 Å². The molecule has 0 spiro atoms. The van der Waals surface area contributed by atoms with Crippen LogP contribution in [-0.2, 0) is 16.6 Å². The maximum absolute atomic E-state index is 13.5. The number of anilines is 1. The Balaban J connectivity index is 1.29. The summed E-state index contributed by atoms with van der Waals surface area (Å²) in [5.41, 5.74) is 5.07. The lowest BCUT2D eigenvalue weighted by molar-refractivity contribution is 0.601. The van der Waals surface area contributed by atoms with E-state index in [1.807, 2.05) is 66.0 Å². The molecule has 0 radical (unpaired) electrons. The summed E-state index contributed by atoms with van der Waals surface area (Å²) >= 11 is 3.08. The number of sulfonamides is 1. The van der Waals surface area contributed by atoms with Gasteiger partial charge in [-0.2, -0.15) is 5.10 Å². The number of hydrogen-bond acceptors (Lipinski definition) is 6. The molecule has 1 N–H and O–H groups in total. The summed E-state index contributed by atoms with van der Waals surface area (Å²) < 4.78 is 32.6. The fraction of sp³-hybridized carbons (Fsp3) is 0.0714. The van der Waals surface area contributed by atoms with Crippen molar-refractivity contribution in [3.63, 3.8) is 0 Å². The Morgan fingerprint density at radius 3 is 2.51 bits per heavy atom. The van der Waals surface area contributed by atoms with Gasteiger partial charge in [0, 0.05) is 17.4 Å². The van der Waals surface area contributed by atoms with E-state index in [1.54, 1.807) is 34.3 Å². The third-order valence-corrected chi connectivity index (χ3v) is 9.21. The standard InChI is InChI=1S/C28H22N4O2S3/c1-19-9-14-23-25(16-19)36-28(29-23)21-10-12-22(13-11-21)31-37(33,34)26-18-32(17-20-6-3-2-4-7-20)30-27(26)24-8-5-15-35-24/h2-16,18,31H,17H2,1H3. The molecule has 0 atom stereocenters. The Hall–Kier alpha value is -3.79. The molecule has 0 amide bonds. The first-order chi connectivity index (χ1) is 17.9. The van der Waals surface area contributed by atoms with Crippen molar-refractivity contribution in [2.24, 2.45) is 0 Å². The van der Waals surface area contributed by atoms with Gasteiger partial charge in [-0.1, -0.05) is 42.5 Å². The Morgan fingerprint density at radius 1 is 0.946 bits per heavy atom. The second-order valence-electron chi connectivity index (χ2n) is 8.68. The lowest BCUT2D eigenvalue weighted by Gasteiger charge is -2.08. The second kappa shape index (κ2) is 9.59. The average Bonchev–Trinajstić information content (AvgIpc) is 3.64. The zero-order chi connectivity index (χ0) is 25.4. The van der Waals surface area contributed by atoms with E-state index < -0.39 is 10.0 Å². The molecule has 3 aromatic carbocycles. The summed E-state index contributed by atoms with van der Waals surface area (Å²) in [5.74, 6) is 0. The number of benzene rings is 3. The van der Waals surface area contributed by atoms with Crippen molar-refractivity contribution < 1.29 is 8.42 Å². The van der Waals surface area contributed by atoms with Crippen molar-refractivity contribution in [1.82, 2.24) is 14.8 Å². The van der Waals surface area contributed by atoms with E-state index in [0.717, 1.165) is 31.2 Å². The van der Waals surface area contributed by atoms with E-state index in [1.165, 1.54) is 16.9 Å². The largest absolute Gasteiger partial charge is 0.280 e. The summed E-state index contributed by atoms with van der Waals surface area (Å²) in [7, 11) is -3.88. The number of thiophene rings is 1. The molecule has 9 heteroatoms. The normalized spacial score (nSPS) is 11.7. The SMILES string of the molecule is Cc1ccc2nc(-c3ccc(NS(=O)(=O)c4cn(Cc5ccccc5)nc4-c4cccs4)cc3)sc2c1. The predicted octanol–water partition coefficient (Wildman–Crippen LogP) is 7.05. The van der Waals surface area contributed by atoms with Gasteiger partial charge in [0.2, 0.25) is 0 Å². The highest BCUT2D eigenvalue weighted by Crippen LogP contribution is 2.33. The van der Waals surface area contributed by atoms with Gasteiger partial charge in [0.15, 0.2) is 0 Å². The highest BCUT2D eigenvalue weighted by molar-refractivity contribution is 7.92. The molecule has 184 valence electrons. The molecule has 0 saturated heterocycles. The van der Waals surface area contributed by atoms with Crippen molar-refractivity contribution in [3.05, 3.63) is 108 Å². The van der Waals surface area contributed by atoms with Crippen LogP contribution in [0.4, 0.5) is 5.69 Å². The van der Waals surface area contributed by atoms with Crippen molar-refractivity contribution in [2.45, 2.75) is 18.4 Å². The molecular weight excluding hydrogens is 521 g/mol. The summed E-state index contributed by atoms with van der Waals surface area (Å²) in [5, 5.41) is 7.45. The van der Waals surface area contributed by atoms with Gasteiger partial charge < -0.3 is 0 Å². The molecule has 0 aliphatic carbocycles. The van der Waals surface area contributed by atoms with Crippen molar-refractivity contribution in [3.8, 4) is 21.1 Å². The van der Waals surface area contributed by atoms with E-state index >= 15 is 0 Å². The van der Waals surface area contributed by atoms with E-state index in [0.29, 0.717) is 17.9 Å². The van der Waals surface area contributed by atoms with Crippen LogP contribution in [0.1, 0.15) is 11.1 Å². The minimum absolute atomic E-state index is 0.150. The molecule has 3 aromatic heterocycles. The fourth-order valence-corrected chi connectivity index (χ4v) is 7.16. The zero-order valence-electron chi connectivity index (χ0n) is 19.8. The number of aromatic nitrogens is 3. The number of nitrogens with zero attached hydrogens (tertiary/aromatic N) is 3. The third-order valence-electron chi connectivity index (χ3n) is 5.89. The summed E-state index contributed by atoms with van der Waals surface area (Å²) in [6, 6.07) is 27.1. The van der Waals surface area contributed by atoms with Crippen LogP contribution in [0.15, 0.2) is 101 Å². The molecule has 0 fully saturated rings. The Kier molecular flexibility index (Phi) is 6.11. The molecule has 0 aliphatic heterocycles. The van der Waals surface area contributed by atoms with E-state index in [2.05, 4.69) is 28.9 Å². The average molecular weight is 543 g/mol. The number of rotatable bonds is 7. The maximum atomic E-state index is 13.5. The zero-order valence-corrected chi connectivity index (χ0v) is 22.3. The smallest absolute Gasteiger partial charge is 0.265 e. The molecule has 0 bridgehead atoms. The van der Waals surface area contributed by atoms with Gasteiger partial charge >= 0.3 is 0 Å². The van der Waals surface area contributed by atoms with Crippen LogP contribution in [0, 0.1) is 6.92 Å². The Bertz CT molecular complexity index is 1790. The summed E-state index contributed by atoms with van der Waals surface area (Å²) in [4.78, 5) is 5.67. The molecule has 6 rings (SSSR count). The first kappa shape index (κ1) is 23.6. The molecule has 3 heterocycles. The van der Waals surface area contributed by atoms with Gasteiger partial charge in [-0.15, -0.1) is 22.7 Å². The fourth-order valence-electron chi connectivity index (χ4n) is 4.08. The van der Waals surface area contributed by atoms with Gasteiger partial charge in [-0.25, -0.2) is 13.4 Å². The molecule has 0 aliphatic rings. The quantitative estimate of drug-likeness (QED) is 0.235. The van der Waals surface area contributed by atoms with E-state index in [-0.39, 0.29) is 4.90 Å². The monoisotopic (exact) mass is 542 g/mol. The topological polar surface area (TPSA) is 76.9 Å². The molecular formula is C28H22N4O2S3.